The van der Waals surface area contributed by atoms with Crippen LogP contribution in [0.1, 0.15) is 18.5 Å². The molecule has 1 N–H and O–H groups in total. The van der Waals surface area contributed by atoms with Gasteiger partial charge in [0.25, 0.3) is 0 Å². The van der Waals surface area contributed by atoms with E-state index in [0.717, 1.165) is 30.7 Å². The minimum atomic E-state index is -0.939. The molecular formula is C23H24N4O2. The number of carboxylic acids is 1. The number of para-hydroxylation sites is 3. The zero-order chi connectivity index (χ0) is 20.0. The SMILES string of the molecule is Cn1c(CN2CCC(C(=O)O)(n3cnc4ccccc43)CC2)cc2ccccc21. The monoisotopic (exact) mass is 388 g/mol. The number of piperidine rings is 1. The highest BCUT2D eigenvalue weighted by molar-refractivity contribution is 5.83. The molecule has 0 unspecified atom stereocenters. The summed E-state index contributed by atoms with van der Waals surface area (Å²) in [6.45, 7) is 2.30. The van der Waals surface area contributed by atoms with Crippen molar-refractivity contribution in [2.45, 2.75) is 24.9 Å². The molecule has 0 saturated carbocycles. The zero-order valence-electron chi connectivity index (χ0n) is 16.5. The van der Waals surface area contributed by atoms with Crippen LogP contribution in [-0.4, -0.2) is 43.2 Å². The summed E-state index contributed by atoms with van der Waals surface area (Å²) in [5.74, 6) is -0.773. The highest BCUT2D eigenvalue weighted by Gasteiger charge is 2.44. The third kappa shape index (κ3) is 2.83. The second-order valence-electron chi connectivity index (χ2n) is 7.97. The number of aromatic nitrogens is 3. The maximum absolute atomic E-state index is 12.4. The van der Waals surface area contributed by atoms with Crippen LogP contribution in [0, 0.1) is 0 Å². The largest absolute Gasteiger partial charge is 0.479 e. The van der Waals surface area contributed by atoms with E-state index >= 15 is 0 Å². The lowest BCUT2D eigenvalue weighted by molar-refractivity contribution is -0.150. The summed E-state index contributed by atoms with van der Waals surface area (Å²) >= 11 is 0. The van der Waals surface area contributed by atoms with E-state index < -0.39 is 11.5 Å². The molecule has 5 rings (SSSR count). The minimum absolute atomic E-state index is 0.562. The maximum Gasteiger partial charge on any atom is 0.330 e. The number of likely N-dealkylation sites (tertiary alicyclic amines) is 1. The van der Waals surface area contributed by atoms with Crippen LogP contribution in [0.3, 0.4) is 0 Å². The van der Waals surface area contributed by atoms with Crippen LogP contribution in [0.4, 0.5) is 0 Å². The van der Waals surface area contributed by atoms with Crippen LogP contribution in [0.5, 0.6) is 0 Å². The van der Waals surface area contributed by atoms with E-state index in [9.17, 15) is 9.90 Å². The number of hydrogen-bond acceptors (Lipinski definition) is 3. The zero-order valence-corrected chi connectivity index (χ0v) is 16.5. The number of nitrogens with zero attached hydrogens (tertiary/aromatic N) is 4. The van der Waals surface area contributed by atoms with Gasteiger partial charge in [0.05, 0.1) is 17.4 Å². The predicted molar refractivity (Wildman–Crippen MR) is 113 cm³/mol. The molecule has 4 aromatic rings. The summed E-state index contributed by atoms with van der Waals surface area (Å²) in [6, 6.07) is 18.4. The lowest BCUT2D eigenvalue weighted by atomic mass is 9.86. The van der Waals surface area contributed by atoms with Crippen molar-refractivity contribution in [3.8, 4) is 0 Å². The fraction of sp³-hybridized carbons (Fsp3) is 0.304. The van der Waals surface area contributed by atoms with Gasteiger partial charge < -0.3 is 14.2 Å². The van der Waals surface area contributed by atoms with Crippen molar-refractivity contribution in [2.75, 3.05) is 13.1 Å². The Hall–Kier alpha value is -3.12. The van der Waals surface area contributed by atoms with Gasteiger partial charge in [-0.3, -0.25) is 4.90 Å². The molecular weight excluding hydrogens is 364 g/mol. The van der Waals surface area contributed by atoms with Gasteiger partial charge >= 0.3 is 5.97 Å². The van der Waals surface area contributed by atoms with Gasteiger partial charge in [0.1, 0.15) is 5.54 Å². The van der Waals surface area contributed by atoms with Crippen molar-refractivity contribution in [2.24, 2.45) is 7.05 Å². The molecule has 6 heteroatoms. The molecule has 0 amide bonds. The van der Waals surface area contributed by atoms with E-state index in [2.05, 4.69) is 51.8 Å². The molecule has 1 saturated heterocycles. The average molecular weight is 388 g/mol. The summed E-state index contributed by atoms with van der Waals surface area (Å²) in [7, 11) is 2.10. The van der Waals surface area contributed by atoms with Crippen LogP contribution in [-0.2, 0) is 23.9 Å². The molecule has 29 heavy (non-hydrogen) atoms. The molecule has 3 heterocycles. The number of aryl methyl sites for hydroxylation is 1. The van der Waals surface area contributed by atoms with Crippen molar-refractivity contribution < 1.29 is 9.90 Å². The van der Waals surface area contributed by atoms with Gasteiger partial charge in [-0.25, -0.2) is 9.78 Å². The Kier molecular flexibility index (Phi) is 4.17. The second kappa shape index (κ2) is 6.74. The first kappa shape index (κ1) is 17.9. The number of aliphatic carboxylic acids is 1. The van der Waals surface area contributed by atoms with Gasteiger partial charge in [0.15, 0.2) is 0 Å². The van der Waals surface area contributed by atoms with Gasteiger partial charge in [0.2, 0.25) is 0 Å². The Labute approximate surface area is 169 Å². The lowest BCUT2D eigenvalue weighted by Gasteiger charge is -2.40. The van der Waals surface area contributed by atoms with E-state index in [1.54, 1.807) is 6.33 Å². The summed E-state index contributed by atoms with van der Waals surface area (Å²) in [6.07, 6.45) is 2.82. The number of fused-ring (bicyclic) bond motifs is 2. The first-order valence-electron chi connectivity index (χ1n) is 10.0. The standard InChI is InChI=1S/C23H24N4O2/c1-25-18(14-17-6-2-4-8-20(17)25)15-26-12-10-23(11-13-26,22(28)29)27-16-24-19-7-3-5-9-21(19)27/h2-9,14,16H,10-13,15H2,1H3,(H,28,29). The number of hydrogen-bond donors (Lipinski definition) is 1. The molecule has 0 aliphatic carbocycles. The fourth-order valence-electron chi connectivity index (χ4n) is 4.67. The highest BCUT2D eigenvalue weighted by atomic mass is 16.4. The molecule has 2 aromatic carbocycles. The molecule has 0 bridgehead atoms. The molecule has 6 nitrogen and oxygen atoms in total. The molecule has 0 spiro atoms. The number of rotatable bonds is 4. The summed E-state index contributed by atoms with van der Waals surface area (Å²) in [4.78, 5) is 19.2. The fourth-order valence-corrected chi connectivity index (χ4v) is 4.67. The second-order valence-corrected chi connectivity index (χ2v) is 7.97. The first-order chi connectivity index (χ1) is 14.1. The Balaban J connectivity index is 1.40. The number of benzene rings is 2. The molecule has 1 aliphatic rings. The quantitative estimate of drug-likeness (QED) is 0.580. The Bertz CT molecular complexity index is 1200. The van der Waals surface area contributed by atoms with Crippen molar-refractivity contribution in [1.82, 2.24) is 19.0 Å². The van der Waals surface area contributed by atoms with Gasteiger partial charge in [-0.1, -0.05) is 30.3 Å². The molecule has 2 aromatic heterocycles. The van der Waals surface area contributed by atoms with Gasteiger partial charge in [-0.15, -0.1) is 0 Å². The normalized spacial score (nSPS) is 17.1. The predicted octanol–water partition coefficient (Wildman–Crippen LogP) is 3.60. The third-order valence-electron chi connectivity index (χ3n) is 6.43. The van der Waals surface area contributed by atoms with E-state index in [-0.39, 0.29) is 0 Å². The number of imidazole rings is 1. The smallest absolute Gasteiger partial charge is 0.330 e. The van der Waals surface area contributed by atoms with Crippen molar-refractivity contribution in [3.05, 3.63) is 66.6 Å². The minimum Gasteiger partial charge on any atom is -0.479 e. The summed E-state index contributed by atoms with van der Waals surface area (Å²) in [5, 5.41) is 11.4. The number of carboxylic acid groups (broad SMARTS) is 1. The van der Waals surface area contributed by atoms with Crippen LogP contribution in [0.2, 0.25) is 0 Å². The highest BCUT2D eigenvalue weighted by Crippen LogP contribution is 2.34. The molecule has 0 atom stereocenters. The van der Waals surface area contributed by atoms with Crippen molar-refractivity contribution in [3.63, 3.8) is 0 Å². The molecule has 148 valence electrons. The van der Waals surface area contributed by atoms with Gasteiger partial charge in [0, 0.05) is 37.9 Å². The van der Waals surface area contributed by atoms with Crippen LogP contribution in [0.25, 0.3) is 21.9 Å². The molecule has 0 radical (unpaired) electrons. The van der Waals surface area contributed by atoms with Crippen LogP contribution < -0.4 is 0 Å². The van der Waals surface area contributed by atoms with Gasteiger partial charge in [-0.05, 0) is 42.5 Å². The van der Waals surface area contributed by atoms with E-state index in [0.29, 0.717) is 12.8 Å². The molecule has 1 aliphatic heterocycles. The number of carbonyl (C=O) groups is 1. The summed E-state index contributed by atoms with van der Waals surface area (Å²) < 4.78 is 4.11. The van der Waals surface area contributed by atoms with Crippen molar-refractivity contribution >= 4 is 27.9 Å². The third-order valence-corrected chi connectivity index (χ3v) is 6.43. The average Bonchev–Trinajstić information content (AvgIpc) is 3.31. The Morgan fingerprint density at radius 3 is 2.48 bits per heavy atom. The van der Waals surface area contributed by atoms with Crippen LogP contribution >= 0.6 is 0 Å². The van der Waals surface area contributed by atoms with E-state index in [1.165, 1.54) is 16.6 Å². The Morgan fingerprint density at radius 2 is 1.76 bits per heavy atom. The van der Waals surface area contributed by atoms with Crippen LogP contribution in [0.15, 0.2) is 60.9 Å². The lowest BCUT2D eigenvalue weighted by Crippen LogP contribution is -2.50. The topological polar surface area (TPSA) is 63.3 Å². The van der Waals surface area contributed by atoms with E-state index in [4.69, 9.17) is 0 Å². The van der Waals surface area contributed by atoms with Crippen molar-refractivity contribution in [1.29, 1.82) is 0 Å². The maximum atomic E-state index is 12.4. The molecule has 1 fully saturated rings. The summed E-state index contributed by atoms with van der Waals surface area (Å²) in [5.41, 5.74) is 3.26. The first-order valence-corrected chi connectivity index (χ1v) is 10.0. The van der Waals surface area contributed by atoms with Gasteiger partial charge in [-0.2, -0.15) is 0 Å². The Morgan fingerprint density at radius 1 is 1.07 bits per heavy atom. The van der Waals surface area contributed by atoms with E-state index in [1.807, 2.05) is 28.8 Å².